The summed E-state index contributed by atoms with van der Waals surface area (Å²) in [6.45, 7) is 8.42. The first-order valence-corrected chi connectivity index (χ1v) is 11.7. The van der Waals surface area contributed by atoms with E-state index in [1.165, 1.54) is 37.0 Å². The molecule has 0 aromatic heterocycles. The molecule has 2 atom stereocenters. The highest BCUT2D eigenvalue weighted by Crippen LogP contribution is 2.36. The van der Waals surface area contributed by atoms with Crippen molar-refractivity contribution >= 4 is 37.1 Å². The fourth-order valence-corrected chi connectivity index (χ4v) is 4.58. The van der Waals surface area contributed by atoms with E-state index in [0.717, 1.165) is 17.7 Å². The van der Waals surface area contributed by atoms with Crippen LogP contribution in [0.1, 0.15) is 78.2 Å². The molecule has 2 radical (unpaired) electrons. The van der Waals surface area contributed by atoms with Crippen molar-refractivity contribution in [1.82, 2.24) is 0 Å². The van der Waals surface area contributed by atoms with Crippen LogP contribution in [0.25, 0.3) is 0 Å². The molecule has 0 bridgehead atoms. The second kappa shape index (κ2) is 10.5. The van der Waals surface area contributed by atoms with Crippen molar-refractivity contribution in [2.45, 2.75) is 89.1 Å². The highest BCUT2D eigenvalue weighted by molar-refractivity contribution is 8.00. The van der Waals surface area contributed by atoms with E-state index >= 15 is 0 Å². The SMILES string of the molecule is [B]C(C)C(C)(C)c1ccc(N2C(=O)CC(SCCCCCCCC)C2=O)cc1. The number of benzene rings is 1. The Morgan fingerprint density at radius 1 is 1.11 bits per heavy atom. The molecule has 1 saturated heterocycles. The molecule has 1 aliphatic heterocycles. The average Bonchev–Trinajstić information content (AvgIpc) is 2.94. The first-order chi connectivity index (χ1) is 13.3. The van der Waals surface area contributed by atoms with Crippen molar-refractivity contribution in [2.75, 3.05) is 10.7 Å². The number of anilines is 1. The van der Waals surface area contributed by atoms with Crippen LogP contribution in [0.2, 0.25) is 5.82 Å². The Balaban J connectivity index is 1.91. The maximum absolute atomic E-state index is 12.8. The molecule has 1 fully saturated rings. The zero-order valence-corrected chi connectivity index (χ0v) is 18.7. The molecule has 5 heteroatoms. The lowest BCUT2D eigenvalue weighted by molar-refractivity contribution is -0.121. The maximum Gasteiger partial charge on any atom is 0.247 e. The van der Waals surface area contributed by atoms with Crippen LogP contribution in [0, 0.1) is 0 Å². The van der Waals surface area contributed by atoms with Crippen molar-refractivity contribution in [1.29, 1.82) is 0 Å². The second-order valence-electron chi connectivity index (χ2n) is 8.46. The third-order valence-corrected chi connectivity index (χ3v) is 7.23. The van der Waals surface area contributed by atoms with Crippen molar-refractivity contribution in [2.24, 2.45) is 0 Å². The van der Waals surface area contributed by atoms with Crippen molar-refractivity contribution in [3.8, 4) is 0 Å². The predicted molar refractivity (Wildman–Crippen MR) is 121 cm³/mol. The molecule has 3 nitrogen and oxygen atoms in total. The van der Waals surface area contributed by atoms with Crippen molar-refractivity contribution < 1.29 is 9.59 Å². The molecule has 1 aromatic carbocycles. The van der Waals surface area contributed by atoms with Crippen LogP contribution < -0.4 is 4.90 Å². The molecule has 2 rings (SSSR count). The summed E-state index contributed by atoms with van der Waals surface area (Å²) in [4.78, 5) is 26.6. The molecule has 1 aliphatic rings. The molecular weight excluding hydrogens is 365 g/mol. The first kappa shape index (κ1) is 23.1. The number of nitrogens with zero attached hydrogens (tertiary/aromatic N) is 1. The summed E-state index contributed by atoms with van der Waals surface area (Å²) in [6, 6.07) is 7.71. The minimum Gasteiger partial charge on any atom is -0.274 e. The van der Waals surface area contributed by atoms with E-state index in [2.05, 4.69) is 20.8 Å². The number of unbranched alkanes of at least 4 members (excludes halogenated alkanes) is 5. The zero-order chi connectivity index (χ0) is 20.7. The normalized spacial score (nSPS) is 18.7. The molecule has 28 heavy (non-hydrogen) atoms. The number of hydrogen-bond acceptors (Lipinski definition) is 3. The van der Waals surface area contributed by atoms with Crippen LogP contribution in [-0.2, 0) is 15.0 Å². The molecule has 0 N–H and O–H groups in total. The van der Waals surface area contributed by atoms with Gasteiger partial charge in [0.05, 0.1) is 18.8 Å². The maximum atomic E-state index is 12.8. The van der Waals surface area contributed by atoms with Crippen LogP contribution in [-0.4, -0.2) is 30.7 Å². The lowest BCUT2D eigenvalue weighted by atomic mass is 9.65. The summed E-state index contributed by atoms with van der Waals surface area (Å²) in [5.74, 6) is 0.798. The Morgan fingerprint density at radius 2 is 1.71 bits per heavy atom. The number of rotatable bonds is 11. The number of thioether (sulfide) groups is 1. The Kier molecular flexibility index (Phi) is 8.67. The van der Waals surface area contributed by atoms with Gasteiger partial charge >= 0.3 is 0 Å². The topological polar surface area (TPSA) is 37.4 Å². The van der Waals surface area contributed by atoms with Crippen molar-refractivity contribution in [3.05, 3.63) is 29.8 Å². The lowest BCUT2D eigenvalue weighted by Crippen LogP contribution is -2.31. The van der Waals surface area contributed by atoms with E-state index < -0.39 is 0 Å². The van der Waals surface area contributed by atoms with Crippen LogP contribution in [0.15, 0.2) is 24.3 Å². The van der Waals surface area contributed by atoms with Gasteiger partial charge in [0, 0.05) is 6.42 Å². The molecule has 0 aliphatic carbocycles. The van der Waals surface area contributed by atoms with E-state index in [4.69, 9.17) is 7.85 Å². The monoisotopic (exact) mass is 399 g/mol. The van der Waals surface area contributed by atoms with Gasteiger partial charge in [0.1, 0.15) is 0 Å². The summed E-state index contributed by atoms with van der Waals surface area (Å²) in [5.41, 5.74) is 1.62. The number of imide groups is 1. The van der Waals surface area contributed by atoms with Gasteiger partial charge in [-0.15, -0.1) is 11.8 Å². The Hall–Kier alpha value is -1.23. The highest BCUT2D eigenvalue weighted by atomic mass is 32.2. The first-order valence-electron chi connectivity index (χ1n) is 10.6. The summed E-state index contributed by atoms with van der Waals surface area (Å²) < 4.78 is 0. The molecule has 1 heterocycles. The molecule has 0 spiro atoms. The van der Waals surface area contributed by atoms with Gasteiger partial charge in [-0.2, -0.15) is 0 Å². The van der Waals surface area contributed by atoms with Crippen LogP contribution in [0.3, 0.4) is 0 Å². The van der Waals surface area contributed by atoms with Gasteiger partial charge in [-0.3, -0.25) is 9.59 Å². The zero-order valence-electron chi connectivity index (χ0n) is 17.9. The van der Waals surface area contributed by atoms with Crippen LogP contribution >= 0.6 is 11.8 Å². The minimum absolute atomic E-state index is 0.0103. The van der Waals surface area contributed by atoms with Gasteiger partial charge in [-0.25, -0.2) is 4.90 Å². The molecule has 2 unspecified atom stereocenters. The molecular formula is C23H34BNO2S. The van der Waals surface area contributed by atoms with Crippen LogP contribution in [0.4, 0.5) is 5.69 Å². The number of amides is 2. The molecule has 1 aromatic rings. The van der Waals surface area contributed by atoms with Gasteiger partial charge in [0.25, 0.3) is 0 Å². The molecule has 0 saturated carbocycles. The van der Waals surface area contributed by atoms with Crippen molar-refractivity contribution in [3.63, 3.8) is 0 Å². The number of hydrogen-bond donors (Lipinski definition) is 0. The van der Waals surface area contributed by atoms with Crippen LogP contribution in [0.5, 0.6) is 0 Å². The summed E-state index contributed by atoms with van der Waals surface area (Å²) in [7, 11) is 6.10. The fraction of sp³-hybridized carbons (Fsp3) is 0.652. The third-order valence-electron chi connectivity index (χ3n) is 5.93. The second-order valence-corrected chi connectivity index (χ2v) is 9.77. The summed E-state index contributed by atoms with van der Waals surface area (Å²) >= 11 is 1.64. The van der Waals surface area contributed by atoms with E-state index in [1.54, 1.807) is 11.8 Å². The predicted octanol–water partition coefficient (Wildman–Crippen LogP) is 5.67. The number of carbonyl (C=O) groups excluding carboxylic acids is 2. The van der Waals surface area contributed by atoms with Gasteiger partial charge in [0.15, 0.2) is 0 Å². The average molecular weight is 399 g/mol. The highest BCUT2D eigenvalue weighted by Gasteiger charge is 2.39. The Morgan fingerprint density at radius 3 is 2.32 bits per heavy atom. The van der Waals surface area contributed by atoms with E-state index in [9.17, 15) is 9.59 Å². The molecule has 2 amide bonds. The third kappa shape index (κ3) is 5.65. The summed E-state index contributed by atoms with van der Waals surface area (Å²) in [5, 5.41) is -0.233. The van der Waals surface area contributed by atoms with E-state index in [0.29, 0.717) is 12.1 Å². The van der Waals surface area contributed by atoms with Gasteiger partial charge < -0.3 is 0 Å². The minimum atomic E-state index is -0.233. The largest absolute Gasteiger partial charge is 0.274 e. The van der Waals surface area contributed by atoms with Gasteiger partial charge in [0.2, 0.25) is 11.8 Å². The molecule has 152 valence electrons. The quantitative estimate of drug-likeness (QED) is 0.273. The lowest BCUT2D eigenvalue weighted by Gasteiger charge is -2.30. The Labute approximate surface area is 176 Å². The number of carbonyl (C=O) groups is 2. The summed E-state index contributed by atoms with van der Waals surface area (Å²) in [6.07, 6.45) is 7.76. The fourth-order valence-electron chi connectivity index (χ4n) is 3.42. The Bertz CT molecular complexity index is 657. The van der Waals surface area contributed by atoms with E-state index in [-0.39, 0.29) is 28.3 Å². The smallest absolute Gasteiger partial charge is 0.247 e. The standard InChI is InChI=1S/C23H34BNO2S/c1-5-6-7-8-9-10-15-28-20-16-21(26)25(22(20)27)19-13-11-18(12-14-19)23(3,4)17(2)24/h11-14,17,20H,5-10,15-16H2,1-4H3. The van der Waals surface area contributed by atoms with Gasteiger partial charge in [-0.05, 0) is 35.3 Å². The van der Waals surface area contributed by atoms with E-state index in [1.807, 2.05) is 31.2 Å². The van der Waals surface area contributed by atoms with Gasteiger partial charge in [-0.1, -0.05) is 77.7 Å².